The van der Waals surface area contributed by atoms with Gasteiger partial charge < -0.3 is 9.13 Å². The zero-order valence-corrected chi connectivity index (χ0v) is 36.0. The van der Waals surface area contributed by atoms with E-state index in [9.17, 15) is 0 Å². The van der Waals surface area contributed by atoms with Crippen LogP contribution in [0.1, 0.15) is 0 Å². The summed E-state index contributed by atoms with van der Waals surface area (Å²) < 4.78 is 10.2. The second-order valence-corrected chi connectivity index (χ2v) is 19.4. The second kappa shape index (κ2) is 12.9. The van der Waals surface area contributed by atoms with Gasteiger partial charge in [-0.05, 0) is 111 Å². The monoisotopic (exact) mass is 846 g/mol. The quantitative estimate of drug-likeness (QED) is 0.157. The third-order valence-electron chi connectivity index (χ3n) is 13.9. The third-order valence-corrected chi connectivity index (χ3v) is 16.1. The Balaban J connectivity index is 0.938. The Bertz CT molecular complexity index is 4460. The molecule has 0 saturated heterocycles. The van der Waals surface area contributed by atoms with Gasteiger partial charge in [-0.3, -0.25) is 0 Å². The van der Waals surface area contributed by atoms with Crippen LogP contribution in [0.3, 0.4) is 0 Å². The van der Waals surface area contributed by atoms with Gasteiger partial charge in [0.05, 0.1) is 22.1 Å². The number of fused-ring (bicyclic) bond motifs is 19. The van der Waals surface area contributed by atoms with E-state index in [1.165, 1.54) is 139 Å². The number of hydrogen-bond acceptors (Lipinski definition) is 2. The summed E-state index contributed by atoms with van der Waals surface area (Å²) >= 11 is 3.77. The lowest BCUT2D eigenvalue weighted by Crippen LogP contribution is -1.95. The molecule has 4 aromatic heterocycles. The van der Waals surface area contributed by atoms with Crippen LogP contribution < -0.4 is 0 Å². The molecule has 0 spiro atoms. The van der Waals surface area contributed by atoms with E-state index >= 15 is 0 Å². The molecule has 11 aromatic carbocycles. The van der Waals surface area contributed by atoms with E-state index in [1.54, 1.807) is 0 Å². The van der Waals surface area contributed by atoms with Gasteiger partial charge >= 0.3 is 0 Å². The van der Waals surface area contributed by atoms with E-state index in [1.807, 2.05) is 22.7 Å². The van der Waals surface area contributed by atoms with Crippen LogP contribution >= 0.6 is 22.7 Å². The van der Waals surface area contributed by atoms with Crippen molar-refractivity contribution < 1.29 is 0 Å². The molecule has 296 valence electrons. The Labute approximate surface area is 374 Å². The molecular formula is C60H34N2S2. The van der Waals surface area contributed by atoms with Gasteiger partial charge in [-0.25, -0.2) is 0 Å². The summed E-state index contributed by atoms with van der Waals surface area (Å²) in [4.78, 5) is 0. The fourth-order valence-corrected chi connectivity index (χ4v) is 13.3. The van der Waals surface area contributed by atoms with Gasteiger partial charge in [0.15, 0.2) is 0 Å². The molecule has 0 aliphatic heterocycles. The number of aromatic nitrogens is 2. The SMILES string of the molecule is c1ccc(-n2c3ccccc3c3ccc4c5ccc(-c6ccc7sc8cc9c%10ccccc%10n(-c%10ccc%11c(c%10)sc%10ccccc%10%11)c9cc8c7c6)cc5c5ccccc5c4c32)cc1. The molecule has 0 amide bonds. The average molecular weight is 847 g/mol. The minimum absolute atomic E-state index is 1.17. The fourth-order valence-electron chi connectivity index (χ4n) is 11.1. The molecule has 0 unspecified atom stereocenters. The number of nitrogens with zero attached hydrogens (tertiary/aromatic N) is 2. The normalized spacial score (nSPS) is 12.4. The van der Waals surface area contributed by atoms with E-state index in [0.717, 1.165) is 0 Å². The third kappa shape index (κ3) is 4.73. The predicted molar refractivity (Wildman–Crippen MR) is 279 cm³/mol. The predicted octanol–water partition coefficient (Wildman–Crippen LogP) is 17.7. The summed E-state index contributed by atoms with van der Waals surface area (Å²) in [5, 5.41) is 18.1. The smallest absolute Gasteiger partial charge is 0.0625 e. The highest BCUT2D eigenvalue weighted by molar-refractivity contribution is 7.26. The Morgan fingerprint density at radius 3 is 1.61 bits per heavy atom. The highest BCUT2D eigenvalue weighted by atomic mass is 32.1. The minimum Gasteiger partial charge on any atom is -0.309 e. The Morgan fingerprint density at radius 1 is 0.250 bits per heavy atom. The first-order chi connectivity index (χ1) is 31.7. The highest BCUT2D eigenvalue weighted by Gasteiger charge is 2.20. The van der Waals surface area contributed by atoms with Crippen LogP contribution in [-0.4, -0.2) is 9.13 Å². The van der Waals surface area contributed by atoms with Crippen molar-refractivity contribution in [2.24, 2.45) is 0 Å². The molecule has 4 heteroatoms. The largest absolute Gasteiger partial charge is 0.309 e. The van der Waals surface area contributed by atoms with Crippen molar-refractivity contribution in [2.45, 2.75) is 0 Å². The lowest BCUT2D eigenvalue weighted by molar-refractivity contribution is 1.19. The molecule has 15 rings (SSSR count). The lowest BCUT2D eigenvalue weighted by Gasteiger charge is -2.15. The summed E-state index contributed by atoms with van der Waals surface area (Å²) in [5.74, 6) is 0. The first-order valence-electron chi connectivity index (χ1n) is 21.9. The van der Waals surface area contributed by atoms with Gasteiger partial charge in [-0.2, -0.15) is 0 Å². The van der Waals surface area contributed by atoms with Crippen molar-refractivity contribution >= 4 is 139 Å². The molecule has 0 N–H and O–H groups in total. The molecule has 0 fully saturated rings. The van der Waals surface area contributed by atoms with Crippen LogP contribution in [0.25, 0.3) is 139 Å². The van der Waals surface area contributed by atoms with Crippen molar-refractivity contribution in [3.8, 4) is 22.5 Å². The van der Waals surface area contributed by atoms with Crippen molar-refractivity contribution in [3.05, 3.63) is 206 Å². The van der Waals surface area contributed by atoms with Crippen molar-refractivity contribution in [2.75, 3.05) is 0 Å². The summed E-state index contributed by atoms with van der Waals surface area (Å²) in [6.45, 7) is 0. The molecule has 0 saturated carbocycles. The van der Waals surface area contributed by atoms with Crippen LogP contribution in [0.15, 0.2) is 206 Å². The standard InChI is InChI=1S/C60H34N2S2/c1-2-12-37(13-3-1)62-53-20-10-6-15-41(53)47-28-27-46-40-25-22-35(30-48(40)39-14-4-5-18-45(39)59(46)60(47)62)36-23-29-56-50(31-36)51-33-54-49(34-58(51)64-56)42-16-7-9-19-52(42)61(54)38-24-26-44-43-17-8-11-21-55(43)63-57(44)32-38/h1-34H. The lowest BCUT2D eigenvalue weighted by atomic mass is 9.90. The molecular weight excluding hydrogens is 813 g/mol. The van der Waals surface area contributed by atoms with Gasteiger partial charge in [-0.15, -0.1) is 22.7 Å². The summed E-state index contributed by atoms with van der Waals surface area (Å²) in [6, 6.07) is 77.2. The second-order valence-electron chi connectivity index (χ2n) is 17.2. The van der Waals surface area contributed by atoms with Gasteiger partial charge in [0, 0.05) is 78.7 Å². The number of para-hydroxylation sites is 3. The first kappa shape index (κ1) is 34.8. The van der Waals surface area contributed by atoms with Gasteiger partial charge in [-0.1, -0.05) is 133 Å². The van der Waals surface area contributed by atoms with Gasteiger partial charge in [0.2, 0.25) is 0 Å². The summed E-state index contributed by atoms with van der Waals surface area (Å²) in [6.07, 6.45) is 0. The first-order valence-corrected chi connectivity index (χ1v) is 23.5. The van der Waals surface area contributed by atoms with Crippen LogP contribution in [0, 0.1) is 0 Å². The molecule has 2 nitrogen and oxygen atoms in total. The van der Waals surface area contributed by atoms with Crippen LogP contribution in [-0.2, 0) is 0 Å². The van der Waals surface area contributed by atoms with Crippen molar-refractivity contribution in [1.29, 1.82) is 0 Å². The van der Waals surface area contributed by atoms with E-state index in [-0.39, 0.29) is 0 Å². The molecule has 15 aromatic rings. The van der Waals surface area contributed by atoms with Crippen LogP contribution in [0.4, 0.5) is 0 Å². The highest BCUT2D eigenvalue weighted by Crippen LogP contribution is 2.46. The maximum absolute atomic E-state index is 2.48. The minimum atomic E-state index is 1.17. The Hall–Kier alpha value is -7.76. The number of thiophene rings is 2. The molecule has 0 bridgehead atoms. The zero-order valence-electron chi connectivity index (χ0n) is 34.3. The van der Waals surface area contributed by atoms with Crippen LogP contribution in [0.2, 0.25) is 0 Å². The van der Waals surface area contributed by atoms with E-state index < -0.39 is 0 Å². The van der Waals surface area contributed by atoms with Gasteiger partial charge in [0.25, 0.3) is 0 Å². The molecule has 0 radical (unpaired) electrons. The van der Waals surface area contributed by atoms with E-state index in [0.29, 0.717) is 0 Å². The average Bonchev–Trinajstić information content (AvgIpc) is 4.10. The Kier molecular flexibility index (Phi) is 7.01. The number of benzene rings is 11. The van der Waals surface area contributed by atoms with Gasteiger partial charge in [0.1, 0.15) is 0 Å². The molecule has 4 heterocycles. The van der Waals surface area contributed by atoms with Crippen LogP contribution in [0.5, 0.6) is 0 Å². The topological polar surface area (TPSA) is 9.86 Å². The molecule has 0 atom stereocenters. The van der Waals surface area contributed by atoms with Crippen molar-refractivity contribution in [1.82, 2.24) is 9.13 Å². The number of rotatable bonds is 3. The molecule has 0 aliphatic rings. The maximum atomic E-state index is 2.48. The van der Waals surface area contributed by atoms with Crippen molar-refractivity contribution in [3.63, 3.8) is 0 Å². The number of hydrogen-bond donors (Lipinski definition) is 0. The zero-order chi connectivity index (χ0) is 41.6. The molecule has 0 aliphatic carbocycles. The Morgan fingerprint density at radius 2 is 0.781 bits per heavy atom. The molecule has 64 heavy (non-hydrogen) atoms. The van der Waals surface area contributed by atoms with E-state index in [4.69, 9.17) is 0 Å². The summed E-state index contributed by atoms with van der Waals surface area (Å²) in [5.41, 5.74) is 9.79. The van der Waals surface area contributed by atoms with E-state index in [2.05, 4.69) is 215 Å². The summed E-state index contributed by atoms with van der Waals surface area (Å²) in [7, 11) is 0. The fraction of sp³-hybridized carbons (Fsp3) is 0. The maximum Gasteiger partial charge on any atom is 0.0625 e.